The Labute approximate surface area is 123 Å². The van der Waals surface area contributed by atoms with Crippen LogP contribution >= 0.6 is 11.6 Å². The maximum absolute atomic E-state index is 11.5. The molecule has 1 aromatic carbocycles. The number of halogens is 1. The maximum Gasteiger partial charge on any atom is 0.306 e. The molecule has 20 heavy (non-hydrogen) atoms. The van der Waals surface area contributed by atoms with Crippen LogP contribution in [0, 0.1) is 5.92 Å². The van der Waals surface area contributed by atoms with Crippen LogP contribution in [0.3, 0.4) is 0 Å². The standard InChI is InChI=1S/C13H16ClNO4S/c1-20(18,19)10-2-3-12(11(14)8-10)15-6-4-9(5-7-15)13(16)17/h2-3,8-9H,4-7H2,1H3,(H,16,17). The zero-order valence-corrected chi connectivity index (χ0v) is 12.6. The minimum Gasteiger partial charge on any atom is -0.481 e. The number of rotatable bonds is 3. The first-order valence-electron chi connectivity index (χ1n) is 6.26. The minimum absolute atomic E-state index is 0.187. The second-order valence-electron chi connectivity index (χ2n) is 4.98. The van der Waals surface area contributed by atoms with Gasteiger partial charge < -0.3 is 10.0 Å². The smallest absolute Gasteiger partial charge is 0.306 e. The molecule has 0 saturated carbocycles. The molecule has 0 bridgehead atoms. The van der Waals surface area contributed by atoms with Crippen molar-refractivity contribution in [3.05, 3.63) is 23.2 Å². The molecule has 0 aromatic heterocycles. The number of sulfone groups is 1. The summed E-state index contributed by atoms with van der Waals surface area (Å²) in [6.45, 7) is 1.21. The van der Waals surface area contributed by atoms with Crippen LogP contribution in [0.25, 0.3) is 0 Å². The van der Waals surface area contributed by atoms with Crippen LogP contribution in [0.15, 0.2) is 23.1 Å². The van der Waals surface area contributed by atoms with Crippen LogP contribution in [0.4, 0.5) is 5.69 Å². The predicted octanol–water partition coefficient (Wildman–Crippen LogP) is 2.04. The second-order valence-corrected chi connectivity index (χ2v) is 7.41. The summed E-state index contributed by atoms with van der Waals surface area (Å²) < 4.78 is 22.9. The molecule has 0 aliphatic carbocycles. The Morgan fingerprint density at radius 1 is 1.35 bits per heavy atom. The van der Waals surface area contributed by atoms with Gasteiger partial charge in [-0.25, -0.2) is 8.42 Å². The number of carboxylic acid groups (broad SMARTS) is 1. The fraction of sp³-hybridized carbons (Fsp3) is 0.462. The summed E-state index contributed by atoms with van der Waals surface area (Å²) in [7, 11) is -3.27. The van der Waals surface area contributed by atoms with Crippen LogP contribution in [0.1, 0.15) is 12.8 Å². The zero-order valence-electron chi connectivity index (χ0n) is 11.0. The van der Waals surface area contributed by atoms with E-state index in [1.165, 1.54) is 12.1 Å². The third-order valence-electron chi connectivity index (χ3n) is 3.53. The molecule has 0 atom stereocenters. The summed E-state index contributed by atoms with van der Waals surface area (Å²) in [5.41, 5.74) is 0.753. The third-order valence-corrected chi connectivity index (χ3v) is 4.95. The van der Waals surface area contributed by atoms with Crippen molar-refractivity contribution in [1.29, 1.82) is 0 Å². The van der Waals surface area contributed by atoms with Gasteiger partial charge in [0.2, 0.25) is 0 Å². The zero-order chi connectivity index (χ0) is 14.9. The Bertz CT molecular complexity index is 621. The molecular weight excluding hydrogens is 302 g/mol. The van der Waals surface area contributed by atoms with Crippen molar-refractivity contribution in [3.63, 3.8) is 0 Å². The van der Waals surface area contributed by atoms with Crippen molar-refractivity contribution in [2.24, 2.45) is 5.92 Å². The molecule has 5 nitrogen and oxygen atoms in total. The summed E-state index contributed by atoms with van der Waals surface area (Å²) in [6, 6.07) is 4.65. The summed E-state index contributed by atoms with van der Waals surface area (Å²) >= 11 is 6.15. The number of nitrogens with zero attached hydrogens (tertiary/aromatic N) is 1. The lowest BCUT2D eigenvalue weighted by Crippen LogP contribution is -2.36. The molecule has 1 aliphatic rings. The highest BCUT2D eigenvalue weighted by Gasteiger charge is 2.25. The Morgan fingerprint density at radius 2 is 1.95 bits per heavy atom. The van der Waals surface area contributed by atoms with Gasteiger partial charge in [0.25, 0.3) is 0 Å². The van der Waals surface area contributed by atoms with Gasteiger partial charge in [0.15, 0.2) is 9.84 Å². The highest BCUT2D eigenvalue weighted by atomic mass is 35.5. The molecule has 1 saturated heterocycles. The van der Waals surface area contributed by atoms with E-state index in [0.29, 0.717) is 31.0 Å². The number of carbonyl (C=O) groups is 1. The molecular formula is C13H16ClNO4S. The molecule has 1 aliphatic heterocycles. The second kappa shape index (κ2) is 5.61. The van der Waals surface area contributed by atoms with Crippen LogP contribution in [-0.2, 0) is 14.6 Å². The fourth-order valence-electron chi connectivity index (χ4n) is 2.34. The van der Waals surface area contributed by atoms with Gasteiger partial charge >= 0.3 is 5.97 Å². The first kappa shape index (κ1) is 15.1. The van der Waals surface area contributed by atoms with Crippen molar-refractivity contribution >= 4 is 33.1 Å². The van der Waals surface area contributed by atoms with Gasteiger partial charge in [0, 0.05) is 19.3 Å². The SMILES string of the molecule is CS(=O)(=O)c1ccc(N2CCC(C(=O)O)CC2)c(Cl)c1. The number of carboxylic acids is 1. The van der Waals surface area contributed by atoms with Gasteiger partial charge in [0.05, 0.1) is 21.5 Å². The van der Waals surface area contributed by atoms with Crippen molar-refractivity contribution in [2.75, 3.05) is 24.2 Å². The Morgan fingerprint density at radius 3 is 2.40 bits per heavy atom. The first-order valence-corrected chi connectivity index (χ1v) is 8.53. The topological polar surface area (TPSA) is 74.7 Å². The molecule has 110 valence electrons. The Hall–Kier alpha value is -1.27. The molecule has 0 radical (unpaired) electrons. The van der Waals surface area contributed by atoms with Gasteiger partial charge in [-0.15, -0.1) is 0 Å². The lowest BCUT2D eigenvalue weighted by Gasteiger charge is -2.32. The minimum atomic E-state index is -3.27. The van der Waals surface area contributed by atoms with E-state index >= 15 is 0 Å². The fourth-order valence-corrected chi connectivity index (χ4v) is 3.35. The first-order chi connectivity index (χ1) is 9.29. The van der Waals surface area contributed by atoms with Crippen molar-refractivity contribution in [3.8, 4) is 0 Å². The van der Waals surface area contributed by atoms with Crippen molar-refractivity contribution in [1.82, 2.24) is 0 Å². The van der Waals surface area contributed by atoms with E-state index in [1.54, 1.807) is 6.07 Å². The van der Waals surface area contributed by atoms with Crippen molar-refractivity contribution in [2.45, 2.75) is 17.7 Å². The normalized spacial score (nSPS) is 17.2. The quantitative estimate of drug-likeness (QED) is 0.923. The number of benzene rings is 1. The summed E-state index contributed by atoms with van der Waals surface area (Å²) in [4.78, 5) is 13.1. The highest BCUT2D eigenvalue weighted by Crippen LogP contribution is 2.31. The molecule has 7 heteroatoms. The average Bonchev–Trinajstić information content (AvgIpc) is 2.37. The number of hydrogen-bond acceptors (Lipinski definition) is 4. The molecule has 0 unspecified atom stereocenters. The molecule has 1 fully saturated rings. The lowest BCUT2D eigenvalue weighted by atomic mass is 9.97. The average molecular weight is 318 g/mol. The summed E-state index contributed by atoms with van der Waals surface area (Å²) in [5, 5.41) is 9.34. The number of piperidine rings is 1. The van der Waals surface area contributed by atoms with Gasteiger partial charge in [-0.3, -0.25) is 4.79 Å². The molecule has 1 aromatic rings. The van der Waals surface area contributed by atoms with E-state index < -0.39 is 15.8 Å². The van der Waals surface area contributed by atoms with E-state index in [2.05, 4.69) is 0 Å². The molecule has 1 heterocycles. The predicted molar refractivity (Wildman–Crippen MR) is 77.1 cm³/mol. The third kappa shape index (κ3) is 3.24. The largest absolute Gasteiger partial charge is 0.481 e. The van der Waals surface area contributed by atoms with Crippen LogP contribution in [-0.4, -0.2) is 38.8 Å². The Balaban J connectivity index is 2.17. The van der Waals surface area contributed by atoms with Gasteiger partial charge in [-0.05, 0) is 31.0 Å². The Kier molecular flexibility index (Phi) is 4.25. The highest BCUT2D eigenvalue weighted by molar-refractivity contribution is 7.90. The van der Waals surface area contributed by atoms with E-state index in [1.807, 2.05) is 4.90 Å². The van der Waals surface area contributed by atoms with E-state index in [4.69, 9.17) is 16.7 Å². The lowest BCUT2D eigenvalue weighted by molar-refractivity contribution is -0.142. The van der Waals surface area contributed by atoms with Gasteiger partial charge in [-0.1, -0.05) is 11.6 Å². The molecule has 1 N–H and O–H groups in total. The van der Waals surface area contributed by atoms with Crippen LogP contribution in [0.5, 0.6) is 0 Å². The van der Waals surface area contributed by atoms with Crippen LogP contribution < -0.4 is 4.90 Å². The molecule has 0 spiro atoms. The number of anilines is 1. The van der Waals surface area contributed by atoms with Gasteiger partial charge in [-0.2, -0.15) is 0 Å². The van der Waals surface area contributed by atoms with E-state index in [0.717, 1.165) is 11.9 Å². The van der Waals surface area contributed by atoms with Crippen LogP contribution in [0.2, 0.25) is 5.02 Å². The van der Waals surface area contributed by atoms with E-state index in [-0.39, 0.29) is 10.8 Å². The summed E-state index contributed by atoms with van der Waals surface area (Å²) in [5.74, 6) is -1.07. The van der Waals surface area contributed by atoms with Gasteiger partial charge in [0.1, 0.15) is 0 Å². The maximum atomic E-state index is 11.5. The van der Waals surface area contributed by atoms with Crippen molar-refractivity contribution < 1.29 is 18.3 Å². The number of hydrogen-bond donors (Lipinski definition) is 1. The summed E-state index contributed by atoms with van der Waals surface area (Å²) in [6.07, 6.45) is 2.27. The van der Waals surface area contributed by atoms with E-state index in [9.17, 15) is 13.2 Å². The number of aliphatic carboxylic acids is 1. The monoisotopic (exact) mass is 317 g/mol. The molecule has 2 rings (SSSR count). The molecule has 0 amide bonds.